The van der Waals surface area contributed by atoms with Crippen LogP contribution in [0.15, 0.2) is 206 Å². The molecule has 11 aromatic carbocycles. The third kappa shape index (κ3) is 7.38. The van der Waals surface area contributed by atoms with Gasteiger partial charge in [0, 0.05) is 46.3 Å². The number of anilines is 15. The molecule has 0 spiro atoms. The van der Waals surface area contributed by atoms with E-state index in [1.54, 1.807) is 0 Å². The van der Waals surface area contributed by atoms with E-state index in [-0.39, 0.29) is 0 Å². The van der Waals surface area contributed by atoms with Crippen molar-refractivity contribution < 1.29 is 18.8 Å². The normalized spacial score (nSPS) is 13.6. The van der Waals surface area contributed by atoms with Gasteiger partial charge in [-0.1, -0.05) is 118 Å². The lowest BCUT2D eigenvalue weighted by molar-refractivity contribution is 0.462. The van der Waals surface area contributed by atoms with Crippen LogP contribution in [0.2, 0.25) is 0 Å². The van der Waals surface area contributed by atoms with Gasteiger partial charge in [0.15, 0.2) is 30.1 Å². The third-order valence-corrected chi connectivity index (χ3v) is 20.3. The van der Waals surface area contributed by atoms with Crippen molar-refractivity contribution in [2.24, 2.45) is 0 Å². The first-order chi connectivity index (χ1) is 40.8. The summed E-state index contributed by atoms with van der Waals surface area (Å²) in [7, 11) is -4.06. The Morgan fingerprint density at radius 2 is 0.583 bits per heavy atom. The van der Waals surface area contributed by atoms with E-state index < -0.39 is 7.14 Å². The molecule has 5 heterocycles. The molecule has 10 heteroatoms. The second kappa shape index (κ2) is 18.3. The maximum atomic E-state index is 18.6. The Morgan fingerprint density at radius 1 is 0.286 bits per heavy atom. The van der Waals surface area contributed by atoms with Gasteiger partial charge in [-0.2, -0.15) is 0 Å². The predicted molar refractivity (Wildman–Crippen MR) is 344 cm³/mol. The van der Waals surface area contributed by atoms with Crippen LogP contribution in [0, 0.1) is 55.4 Å². The predicted octanol–water partition coefficient (Wildman–Crippen LogP) is 20.1. The average molecular weight is 1110 g/mol. The van der Waals surface area contributed by atoms with Crippen molar-refractivity contribution in [2.45, 2.75) is 55.4 Å². The maximum Gasteiger partial charge on any atom is 0.186 e. The number of fused-ring (bicyclic) bond motifs is 6. The number of ether oxygens (including phenoxy) is 3. The summed E-state index contributed by atoms with van der Waals surface area (Å²) in [4.78, 5) is 11.5. The van der Waals surface area contributed by atoms with Crippen molar-refractivity contribution in [3.05, 3.63) is 251 Å². The highest BCUT2D eigenvalue weighted by Crippen LogP contribution is 2.74. The van der Waals surface area contributed by atoms with Gasteiger partial charge in [0.1, 0.15) is 22.9 Å². The molecule has 0 aromatic heterocycles. The minimum absolute atomic E-state index is 0.485. The highest BCUT2D eigenvalue weighted by molar-refractivity contribution is 7.87. The fourth-order valence-corrected chi connectivity index (χ4v) is 16.4. The van der Waals surface area contributed by atoms with Crippen LogP contribution >= 0.6 is 7.14 Å². The van der Waals surface area contributed by atoms with Crippen LogP contribution in [0.25, 0.3) is 0 Å². The molecule has 408 valence electrons. The lowest BCUT2D eigenvalue weighted by Crippen LogP contribution is -2.47. The summed E-state index contributed by atoms with van der Waals surface area (Å²) in [6.07, 6.45) is 0. The largest absolute Gasteiger partial charge is 0.455 e. The Hall–Kier alpha value is -9.95. The molecule has 16 rings (SSSR count). The van der Waals surface area contributed by atoms with Crippen LogP contribution in [0.4, 0.5) is 85.3 Å². The van der Waals surface area contributed by atoms with Crippen molar-refractivity contribution in [1.82, 2.24) is 0 Å². The molecule has 11 aromatic rings. The first-order valence-electron chi connectivity index (χ1n) is 28.6. The van der Waals surface area contributed by atoms with Gasteiger partial charge in [0.05, 0.1) is 55.7 Å². The molecule has 0 N–H and O–H groups in total. The minimum atomic E-state index is -4.06. The highest BCUT2D eigenvalue weighted by atomic mass is 31.2. The number of hydrogen-bond donors (Lipinski definition) is 0. The smallest absolute Gasteiger partial charge is 0.186 e. The monoisotopic (exact) mass is 1110 g/mol. The topological polar surface area (TPSA) is 61.0 Å². The van der Waals surface area contributed by atoms with E-state index in [4.69, 9.17) is 14.2 Å². The molecule has 0 bridgehead atoms. The Bertz CT molecular complexity index is 4260. The number of benzene rings is 11. The summed E-state index contributed by atoms with van der Waals surface area (Å²) in [5.74, 6) is 3.47. The van der Waals surface area contributed by atoms with E-state index in [9.17, 15) is 0 Å². The van der Waals surface area contributed by atoms with Gasteiger partial charge >= 0.3 is 0 Å². The zero-order chi connectivity index (χ0) is 57.0. The van der Waals surface area contributed by atoms with Crippen molar-refractivity contribution in [3.63, 3.8) is 0 Å². The first-order valence-corrected chi connectivity index (χ1v) is 30.4. The number of rotatable bonds is 9. The van der Waals surface area contributed by atoms with Crippen LogP contribution in [0.1, 0.15) is 44.5 Å². The van der Waals surface area contributed by atoms with E-state index in [1.165, 1.54) is 0 Å². The molecule has 0 aliphatic carbocycles. The lowest BCUT2D eigenvalue weighted by atomic mass is 10.0. The van der Waals surface area contributed by atoms with Crippen molar-refractivity contribution in [3.8, 4) is 34.5 Å². The Morgan fingerprint density at radius 3 is 0.905 bits per heavy atom. The number of nitrogens with zero attached hydrogens (tertiary/aromatic N) is 5. The summed E-state index contributed by atoms with van der Waals surface area (Å²) in [6, 6.07) is 73.2. The molecule has 0 atom stereocenters. The Balaban J connectivity index is 1.08. The molecule has 0 saturated heterocycles. The molecular formula is C74H58N5O4P. The number of aryl methyl sites for hydroxylation is 8. The van der Waals surface area contributed by atoms with Gasteiger partial charge in [0.2, 0.25) is 0 Å². The van der Waals surface area contributed by atoms with Crippen molar-refractivity contribution in [2.75, 3.05) is 24.5 Å². The van der Waals surface area contributed by atoms with E-state index in [0.717, 1.165) is 118 Å². The van der Waals surface area contributed by atoms with Crippen LogP contribution < -0.4 is 54.6 Å². The molecule has 5 aliphatic heterocycles. The molecule has 5 aliphatic rings. The van der Waals surface area contributed by atoms with Gasteiger partial charge in [-0.05, 0) is 176 Å². The standard InChI is InChI=1S/C74H58N5O4P/c1-43-9-23-51(24-10-43)75(52-25-11-44(2)12-26-52)57-39-62-72-63(40-57)79-59-36-22-50(8)38-65(59)83-71-61(77(55-31-17-47(5)18-32-55)56-33-19-48(6)20-34-56)42-67-74(69(71)79)84(72,80)73-66(81-67)41-60(70-68(73)78(62)58-35-21-49(7)37-64(58)82-70)76(53-27-13-45(3)14-28-53)54-29-15-46(4)16-30-54/h9-42H,1-8H3. The van der Waals surface area contributed by atoms with Gasteiger partial charge < -0.3 is 43.3 Å². The zero-order valence-corrected chi connectivity index (χ0v) is 48.8. The summed E-state index contributed by atoms with van der Waals surface area (Å²) >= 11 is 0. The molecule has 0 radical (unpaired) electrons. The summed E-state index contributed by atoms with van der Waals surface area (Å²) < 4.78 is 41.3. The SMILES string of the molecule is Cc1ccc(N(c2ccc(C)cc2)c2cc3c4c(c2)N2c5ccc(C)cc5Oc5c(N(c6ccc(C)cc6)c6ccc(C)cc6)cc6c(c52)P4(=O)c2c(cc(N(c4ccc(C)cc4)c4ccc(C)cc4)c4c2N3c2ccc(C)cc2O4)O6)cc1. The first kappa shape index (κ1) is 49.8. The van der Waals surface area contributed by atoms with Crippen molar-refractivity contribution >= 4 is 108 Å². The fraction of sp³-hybridized carbons (Fsp3) is 0.108. The highest BCUT2D eigenvalue weighted by Gasteiger charge is 2.59. The molecule has 84 heavy (non-hydrogen) atoms. The lowest BCUT2D eigenvalue weighted by Gasteiger charge is -2.50. The summed E-state index contributed by atoms with van der Waals surface area (Å²) in [5, 5.41) is 1.88. The summed E-state index contributed by atoms with van der Waals surface area (Å²) in [5.41, 5.74) is 21.5. The van der Waals surface area contributed by atoms with E-state index in [1.807, 2.05) is 0 Å². The Labute approximate surface area is 489 Å². The van der Waals surface area contributed by atoms with Crippen LogP contribution in [-0.4, -0.2) is 0 Å². The fourth-order valence-electron chi connectivity index (χ4n) is 13.0. The minimum Gasteiger partial charge on any atom is -0.455 e. The van der Waals surface area contributed by atoms with Gasteiger partial charge in [-0.15, -0.1) is 0 Å². The van der Waals surface area contributed by atoms with Crippen molar-refractivity contribution in [1.29, 1.82) is 0 Å². The Kier molecular flexibility index (Phi) is 10.8. The molecule has 0 fully saturated rings. The third-order valence-electron chi connectivity index (χ3n) is 17.1. The zero-order valence-electron chi connectivity index (χ0n) is 47.9. The molecular weight excluding hydrogens is 1050 g/mol. The van der Waals surface area contributed by atoms with Gasteiger partial charge in [-0.3, -0.25) is 0 Å². The molecule has 9 nitrogen and oxygen atoms in total. The van der Waals surface area contributed by atoms with E-state index in [0.29, 0.717) is 61.8 Å². The van der Waals surface area contributed by atoms with E-state index >= 15 is 4.57 Å². The van der Waals surface area contributed by atoms with Gasteiger partial charge in [0.25, 0.3) is 0 Å². The van der Waals surface area contributed by atoms with Crippen LogP contribution in [-0.2, 0) is 4.57 Å². The van der Waals surface area contributed by atoms with Crippen LogP contribution in [0.3, 0.4) is 0 Å². The average Bonchev–Trinajstić information content (AvgIpc) is 1.84. The quantitative estimate of drug-likeness (QED) is 0.132. The second-order valence-corrected chi connectivity index (χ2v) is 25.8. The van der Waals surface area contributed by atoms with E-state index in [2.05, 4.69) is 286 Å². The van der Waals surface area contributed by atoms with Crippen LogP contribution in [0.5, 0.6) is 34.5 Å². The second-order valence-electron chi connectivity index (χ2n) is 23.2. The molecule has 0 unspecified atom stereocenters. The molecule has 0 saturated carbocycles. The molecule has 0 amide bonds. The van der Waals surface area contributed by atoms with Gasteiger partial charge in [-0.25, -0.2) is 0 Å². The number of hydrogen-bond acceptors (Lipinski definition) is 9. The summed E-state index contributed by atoms with van der Waals surface area (Å²) in [6.45, 7) is 16.9. The maximum absolute atomic E-state index is 18.6.